The number of aryl methyl sites for hydroxylation is 1. The van der Waals surface area contributed by atoms with Gasteiger partial charge in [-0.15, -0.1) is 0 Å². The summed E-state index contributed by atoms with van der Waals surface area (Å²) in [5.41, 5.74) is -3.29. The Morgan fingerprint density at radius 2 is 1.89 bits per heavy atom. The van der Waals surface area contributed by atoms with Crippen LogP contribution in [0.15, 0.2) is 29.1 Å². The Kier molecular flexibility index (Phi) is 6.49. The highest BCUT2D eigenvalue weighted by Crippen LogP contribution is 2.30. The summed E-state index contributed by atoms with van der Waals surface area (Å²) < 4.78 is 69.2. The molecule has 0 bridgehead atoms. The standard InChI is InChI=1S/C17H17F5N4O2/c1-8-24-15(12(16(27)25-8)13(23)14(18)19)26-11(7-28-2)9-3-5-10(6-4-9)17(20,21)22/h3-6,11,14,23H,7H2,1-2H3,(H2,24,25,26,27). The molecule has 1 unspecified atom stereocenters. The van der Waals surface area contributed by atoms with Crippen molar-refractivity contribution in [3.05, 3.63) is 57.1 Å². The van der Waals surface area contributed by atoms with E-state index < -0.39 is 41.0 Å². The molecule has 0 aliphatic carbocycles. The second-order valence-corrected chi connectivity index (χ2v) is 5.86. The number of hydrogen-bond acceptors (Lipinski definition) is 5. The van der Waals surface area contributed by atoms with Crippen molar-refractivity contribution in [2.24, 2.45) is 0 Å². The first-order chi connectivity index (χ1) is 13.0. The number of H-pyrrole nitrogens is 1. The van der Waals surface area contributed by atoms with Crippen LogP contribution in [0.3, 0.4) is 0 Å². The van der Waals surface area contributed by atoms with Crippen molar-refractivity contribution in [3.8, 4) is 0 Å². The van der Waals surface area contributed by atoms with Crippen molar-refractivity contribution in [2.45, 2.75) is 25.6 Å². The highest BCUT2D eigenvalue weighted by molar-refractivity contribution is 6.04. The van der Waals surface area contributed by atoms with E-state index in [-0.39, 0.29) is 18.2 Å². The van der Waals surface area contributed by atoms with Crippen LogP contribution < -0.4 is 10.9 Å². The molecule has 6 nitrogen and oxygen atoms in total. The van der Waals surface area contributed by atoms with E-state index in [0.717, 1.165) is 12.1 Å². The van der Waals surface area contributed by atoms with Gasteiger partial charge in [0.1, 0.15) is 22.9 Å². The first kappa shape index (κ1) is 21.5. The quantitative estimate of drug-likeness (QED) is 0.486. The Bertz CT molecular complexity index is 894. The monoisotopic (exact) mass is 404 g/mol. The van der Waals surface area contributed by atoms with Crippen molar-refractivity contribution in [1.82, 2.24) is 9.97 Å². The number of nitrogens with one attached hydrogen (secondary N) is 3. The normalized spacial score (nSPS) is 12.9. The lowest BCUT2D eigenvalue weighted by molar-refractivity contribution is -0.137. The molecule has 3 N–H and O–H groups in total. The molecule has 0 saturated carbocycles. The number of nitrogens with zero attached hydrogens (tertiary/aromatic N) is 1. The third kappa shape index (κ3) is 4.91. The van der Waals surface area contributed by atoms with Gasteiger partial charge in [0.2, 0.25) is 0 Å². The smallest absolute Gasteiger partial charge is 0.382 e. The fraction of sp³-hybridized carbons (Fsp3) is 0.353. The molecule has 11 heteroatoms. The first-order valence-electron chi connectivity index (χ1n) is 7.95. The van der Waals surface area contributed by atoms with Crippen molar-refractivity contribution < 1.29 is 26.7 Å². The van der Waals surface area contributed by atoms with Crippen LogP contribution in [0.25, 0.3) is 0 Å². The topological polar surface area (TPSA) is 90.9 Å². The second-order valence-electron chi connectivity index (χ2n) is 5.86. The summed E-state index contributed by atoms with van der Waals surface area (Å²) in [6, 6.07) is 3.36. The number of aromatic nitrogens is 2. The summed E-state index contributed by atoms with van der Waals surface area (Å²) in [4.78, 5) is 18.3. The second kappa shape index (κ2) is 8.46. The first-order valence-corrected chi connectivity index (χ1v) is 7.95. The average molecular weight is 404 g/mol. The summed E-state index contributed by atoms with van der Waals surface area (Å²) in [5, 5.41) is 10.2. The number of ether oxygens (including phenoxy) is 1. The van der Waals surface area contributed by atoms with E-state index in [9.17, 15) is 26.7 Å². The molecular weight excluding hydrogens is 387 g/mol. The van der Waals surface area contributed by atoms with Crippen molar-refractivity contribution in [1.29, 1.82) is 5.41 Å². The number of hydrogen-bond donors (Lipinski definition) is 3. The Labute approximate surface area is 156 Å². The largest absolute Gasteiger partial charge is 0.416 e. The number of alkyl halides is 5. The zero-order valence-corrected chi connectivity index (χ0v) is 14.8. The molecular formula is C17H17F5N4O2. The SMILES string of the molecule is COCC(Nc1nc(C)[nH]c(=O)c1C(=N)C(F)F)c1ccc(C(F)(F)F)cc1. The van der Waals surface area contributed by atoms with Crippen molar-refractivity contribution in [3.63, 3.8) is 0 Å². The molecule has 0 spiro atoms. The van der Waals surface area contributed by atoms with Crippen LogP contribution in [0.1, 0.15) is 28.6 Å². The molecule has 1 heterocycles. The summed E-state index contributed by atoms with van der Waals surface area (Å²) in [6.45, 7) is 1.37. The lowest BCUT2D eigenvalue weighted by Gasteiger charge is -2.21. The summed E-state index contributed by atoms with van der Waals surface area (Å²) in [7, 11) is 1.34. The summed E-state index contributed by atoms with van der Waals surface area (Å²) in [6.07, 6.45) is -7.72. The van der Waals surface area contributed by atoms with Crippen LogP contribution in [-0.4, -0.2) is 35.8 Å². The molecule has 0 aliphatic rings. The number of benzene rings is 1. The van der Waals surface area contributed by atoms with E-state index in [4.69, 9.17) is 10.1 Å². The summed E-state index contributed by atoms with van der Waals surface area (Å²) >= 11 is 0. The Balaban J connectivity index is 2.45. The predicted octanol–water partition coefficient (Wildman–Crippen LogP) is 3.53. The minimum atomic E-state index is -4.51. The van der Waals surface area contributed by atoms with Gasteiger partial charge in [-0.3, -0.25) is 10.2 Å². The molecule has 0 saturated heterocycles. The molecule has 1 atom stereocenters. The summed E-state index contributed by atoms with van der Waals surface area (Å²) in [5.74, 6) is -0.171. The van der Waals surface area contributed by atoms with Gasteiger partial charge in [-0.05, 0) is 24.6 Å². The van der Waals surface area contributed by atoms with Gasteiger partial charge in [0.05, 0.1) is 18.2 Å². The Morgan fingerprint density at radius 1 is 1.29 bits per heavy atom. The van der Waals surface area contributed by atoms with Crippen LogP contribution in [-0.2, 0) is 10.9 Å². The predicted molar refractivity (Wildman–Crippen MR) is 92.1 cm³/mol. The van der Waals surface area contributed by atoms with E-state index in [1.54, 1.807) is 0 Å². The van der Waals surface area contributed by atoms with Crippen LogP contribution in [0.2, 0.25) is 0 Å². The van der Waals surface area contributed by atoms with Crippen molar-refractivity contribution in [2.75, 3.05) is 19.0 Å². The van der Waals surface area contributed by atoms with Gasteiger partial charge in [0, 0.05) is 7.11 Å². The highest BCUT2D eigenvalue weighted by atomic mass is 19.4. The van der Waals surface area contributed by atoms with Gasteiger partial charge in [-0.25, -0.2) is 13.8 Å². The number of halogens is 5. The van der Waals surface area contributed by atoms with Gasteiger partial charge in [0.15, 0.2) is 0 Å². The fourth-order valence-electron chi connectivity index (χ4n) is 2.51. The molecule has 152 valence electrons. The minimum Gasteiger partial charge on any atom is -0.382 e. The van der Waals surface area contributed by atoms with E-state index in [1.807, 2.05) is 0 Å². The molecule has 0 radical (unpaired) electrons. The van der Waals surface area contributed by atoms with Gasteiger partial charge < -0.3 is 15.0 Å². The maximum Gasteiger partial charge on any atom is 0.416 e. The fourth-order valence-corrected chi connectivity index (χ4v) is 2.51. The minimum absolute atomic E-state index is 0.0552. The van der Waals surface area contributed by atoms with Gasteiger partial charge in [0.25, 0.3) is 12.0 Å². The van der Waals surface area contributed by atoms with E-state index in [1.165, 1.54) is 26.2 Å². The third-order valence-electron chi connectivity index (χ3n) is 3.81. The van der Waals surface area contributed by atoms with Gasteiger partial charge in [-0.1, -0.05) is 12.1 Å². The third-order valence-corrected chi connectivity index (χ3v) is 3.81. The maximum absolute atomic E-state index is 13.0. The van der Waals surface area contributed by atoms with E-state index in [2.05, 4.69) is 15.3 Å². The van der Waals surface area contributed by atoms with Crippen molar-refractivity contribution >= 4 is 11.5 Å². The van der Waals surface area contributed by atoms with Gasteiger partial charge >= 0.3 is 6.18 Å². The number of aromatic amines is 1. The molecule has 0 aliphatic heterocycles. The molecule has 1 aromatic carbocycles. The van der Waals surface area contributed by atoms with E-state index >= 15 is 0 Å². The van der Waals surface area contributed by atoms with Crippen LogP contribution in [0, 0.1) is 12.3 Å². The van der Waals surface area contributed by atoms with Crippen LogP contribution >= 0.6 is 0 Å². The number of anilines is 1. The number of methoxy groups -OCH3 is 1. The molecule has 0 fully saturated rings. The molecule has 2 rings (SSSR count). The van der Waals surface area contributed by atoms with Gasteiger partial charge in [-0.2, -0.15) is 13.2 Å². The zero-order chi connectivity index (χ0) is 21.1. The zero-order valence-electron chi connectivity index (χ0n) is 14.8. The maximum atomic E-state index is 13.0. The lowest BCUT2D eigenvalue weighted by Crippen LogP contribution is -2.28. The number of rotatable bonds is 7. The molecule has 2 aromatic rings. The molecule has 1 aromatic heterocycles. The van der Waals surface area contributed by atoms with Crippen LogP contribution in [0.5, 0.6) is 0 Å². The lowest BCUT2D eigenvalue weighted by atomic mass is 10.0. The molecule has 0 amide bonds. The average Bonchev–Trinajstić information content (AvgIpc) is 2.60. The molecule has 28 heavy (non-hydrogen) atoms. The highest BCUT2D eigenvalue weighted by Gasteiger charge is 2.30. The Morgan fingerprint density at radius 3 is 2.39 bits per heavy atom. The van der Waals surface area contributed by atoms with E-state index in [0.29, 0.717) is 5.56 Å². The Hall–Kier alpha value is -2.82. The van der Waals surface area contributed by atoms with Crippen LogP contribution in [0.4, 0.5) is 27.8 Å².